The molecule has 0 heterocycles. The molecule has 0 spiro atoms. The molecule has 1 rings (SSSR count). The number of benzene rings is 1. The van der Waals surface area contributed by atoms with Crippen LogP contribution in [0.25, 0.3) is 0 Å². The van der Waals surface area contributed by atoms with E-state index < -0.39 is 4.92 Å². The van der Waals surface area contributed by atoms with Gasteiger partial charge in [0, 0.05) is 6.07 Å². The number of alkyl halides is 1. The maximum Gasteiger partial charge on any atom is 0.273 e. The molecule has 0 aromatic heterocycles. The maximum atomic E-state index is 11.5. The molecule has 0 saturated heterocycles. The van der Waals surface area contributed by atoms with Crippen LogP contribution in [0.3, 0.4) is 0 Å². The number of nitro benzene ring substituents is 1. The van der Waals surface area contributed by atoms with Gasteiger partial charge in [-0.25, -0.2) is 0 Å². The van der Waals surface area contributed by atoms with Crippen LogP contribution in [0.2, 0.25) is 0 Å². The Kier molecular flexibility index (Phi) is 4.45. The quantitative estimate of drug-likeness (QED) is 0.386. The van der Waals surface area contributed by atoms with E-state index in [0.717, 1.165) is 6.07 Å². The number of halogens is 1. The van der Waals surface area contributed by atoms with E-state index in [1.54, 1.807) is 0 Å². The second-order valence-corrected chi connectivity index (χ2v) is 4.43. The molecular formula is C10H11BrN2O4. The third kappa shape index (κ3) is 3.42. The third-order valence-electron chi connectivity index (χ3n) is 2.09. The minimum atomic E-state index is -0.620. The topological polar surface area (TPSA) is 92.5 Å². The molecular weight excluding hydrogens is 292 g/mol. The Morgan fingerprint density at radius 2 is 2.29 bits per heavy atom. The van der Waals surface area contributed by atoms with E-state index in [0.29, 0.717) is 6.42 Å². The van der Waals surface area contributed by atoms with Crippen molar-refractivity contribution in [2.75, 3.05) is 5.32 Å². The first kappa shape index (κ1) is 13.4. The lowest BCUT2D eigenvalue weighted by Gasteiger charge is -2.09. The van der Waals surface area contributed by atoms with Crippen molar-refractivity contribution < 1.29 is 14.8 Å². The third-order valence-corrected chi connectivity index (χ3v) is 3.16. The van der Waals surface area contributed by atoms with Crippen LogP contribution in [0.4, 0.5) is 11.4 Å². The number of rotatable bonds is 4. The normalized spacial score (nSPS) is 11.9. The van der Waals surface area contributed by atoms with Gasteiger partial charge in [0.2, 0.25) is 5.91 Å². The van der Waals surface area contributed by atoms with Crippen LogP contribution in [0, 0.1) is 10.1 Å². The molecule has 2 N–H and O–H groups in total. The molecule has 0 bridgehead atoms. The van der Waals surface area contributed by atoms with Crippen molar-refractivity contribution in [2.45, 2.75) is 18.2 Å². The molecule has 1 atom stereocenters. The van der Waals surface area contributed by atoms with Gasteiger partial charge in [0.05, 0.1) is 21.5 Å². The van der Waals surface area contributed by atoms with Crippen molar-refractivity contribution >= 4 is 33.2 Å². The van der Waals surface area contributed by atoms with Gasteiger partial charge in [0.25, 0.3) is 5.69 Å². The smallest absolute Gasteiger partial charge is 0.273 e. The highest BCUT2D eigenvalue weighted by Crippen LogP contribution is 2.28. The summed E-state index contributed by atoms with van der Waals surface area (Å²) in [5, 5.41) is 22.4. The summed E-state index contributed by atoms with van der Waals surface area (Å²) in [6, 6.07) is 3.50. The van der Waals surface area contributed by atoms with Gasteiger partial charge in [0.1, 0.15) is 5.75 Å². The van der Waals surface area contributed by atoms with Gasteiger partial charge in [-0.2, -0.15) is 0 Å². The largest absolute Gasteiger partial charge is 0.506 e. The van der Waals surface area contributed by atoms with Crippen LogP contribution >= 0.6 is 15.9 Å². The summed E-state index contributed by atoms with van der Waals surface area (Å²) in [6.45, 7) is 1.83. The second-order valence-electron chi connectivity index (χ2n) is 3.32. The molecule has 1 aromatic rings. The fourth-order valence-electron chi connectivity index (χ4n) is 1.14. The zero-order valence-corrected chi connectivity index (χ0v) is 10.6. The summed E-state index contributed by atoms with van der Waals surface area (Å²) in [7, 11) is 0. The number of carbonyl (C=O) groups excluding carboxylic acids is 1. The SMILES string of the molecule is CC[C@@H](Br)C(=O)Nc1ccc([N+](=O)[O-])cc1O. The summed E-state index contributed by atoms with van der Waals surface area (Å²) in [4.78, 5) is 21.0. The summed E-state index contributed by atoms with van der Waals surface area (Å²) in [6.07, 6.45) is 0.597. The van der Waals surface area contributed by atoms with Crippen molar-refractivity contribution in [3.05, 3.63) is 28.3 Å². The Bertz CT molecular complexity index is 450. The summed E-state index contributed by atoms with van der Waals surface area (Å²) < 4.78 is 0. The number of phenols is 1. The number of amides is 1. The number of non-ortho nitro benzene ring substituents is 1. The molecule has 0 aliphatic heterocycles. The summed E-state index contributed by atoms with van der Waals surface area (Å²) in [5.41, 5.74) is -0.0788. The molecule has 7 heteroatoms. The molecule has 1 aromatic carbocycles. The van der Waals surface area contributed by atoms with Crippen molar-refractivity contribution in [3.63, 3.8) is 0 Å². The first-order valence-electron chi connectivity index (χ1n) is 4.88. The number of hydrogen-bond acceptors (Lipinski definition) is 4. The molecule has 0 fully saturated rings. The Morgan fingerprint density at radius 1 is 1.65 bits per heavy atom. The van der Waals surface area contributed by atoms with E-state index >= 15 is 0 Å². The lowest BCUT2D eigenvalue weighted by Crippen LogP contribution is -2.21. The highest BCUT2D eigenvalue weighted by Gasteiger charge is 2.16. The van der Waals surface area contributed by atoms with Gasteiger partial charge in [-0.05, 0) is 12.5 Å². The molecule has 0 saturated carbocycles. The van der Waals surface area contributed by atoms with E-state index in [-0.39, 0.29) is 27.9 Å². The van der Waals surface area contributed by atoms with Crippen molar-refractivity contribution in [2.24, 2.45) is 0 Å². The second kappa shape index (κ2) is 5.62. The Balaban J connectivity index is 2.86. The first-order valence-corrected chi connectivity index (χ1v) is 5.79. The Morgan fingerprint density at radius 3 is 2.76 bits per heavy atom. The fraction of sp³-hybridized carbons (Fsp3) is 0.300. The van der Waals surface area contributed by atoms with E-state index in [4.69, 9.17) is 0 Å². The number of phenolic OH excluding ortho intramolecular Hbond substituents is 1. The number of aromatic hydroxyl groups is 1. The van der Waals surface area contributed by atoms with Crippen molar-refractivity contribution in [1.29, 1.82) is 0 Å². The van der Waals surface area contributed by atoms with Gasteiger partial charge in [-0.3, -0.25) is 14.9 Å². The number of hydrogen-bond donors (Lipinski definition) is 2. The number of anilines is 1. The van der Waals surface area contributed by atoms with Crippen LogP contribution < -0.4 is 5.32 Å². The van der Waals surface area contributed by atoms with Gasteiger partial charge in [-0.15, -0.1) is 0 Å². The summed E-state index contributed by atoms with van der Waals surface area (Å²) in [5.74, 6) is -0.639. The average molecular weight is 303 g/mol. The Labute approximate surface area is 106 Å². The van der Waals surface area contributed by atoms with Crippen LogP contribution in [-0.2, 0) is 4.79 Å². The van der Waals surface area contributed by atoms with Crippen molar-refractivity contribution in [3.8, 4) is 5.75 Å². The highest BCUT2D eigenvalue weighted by atomic mass is 79.9. The standard InChI is InChI=1S/C10H11BrN2O4/c1-2-7(11)10(15)12-8-4-3-6(13(16)17)5-9(8)14/h3-5,7,14H,2H2,1H3,(H,12,15)/t7-/m1/s1. The van der Waals surface area contributed by atoms with Crippen LogP contribution in [-0.4, -0.2) is 20.8 Å². The van der Waals surface area contributed by atoms with E-state index in [2.05, 4.69) is 21.2 Å². The zero-order valence-electron chi connectivity index (χ0n) is 9.01. The number of nitrogens with zero attached hydrogens (tertiary/aromatic N) is 1. The van der Waals surface area contributed by atoms with Gasteiger partial charge >= 0.3 is 0 Å². The van der Waals surface area contributed by atoms with Crippen LogP contribution in [0.15, 0.2) is 18.2 Å². The molecule has 0 unspecified atom stereocenters. The Hall–Kier alpha value is -1.63. The molecule has 1 amide bonds. The minimum absolute atomic E-state index is 0.151. The summed E-state index contributed by atoms with van der Waals surface area (Å²) >= 11 is 3.16. The van der Waals surface area contributed by atoms with Gasteiger partial charge in [-0.1, -0.05) is 22.9 Å². The van der Waals surface area contributed by atoms with Gasteiger partial charge < -0.3 is 10.4 Å². The molecule has 17 heavy (non-hydrogen) atoms. The minimum Gasteiger partial charge on any atom is -0.506 e. The first-order chi connectivity index (χ1) is 7.95. The van der Waals surface area contributed by atoms with Crippen LogP contribution in [0.1, 0.15) is 13.3 Å². The van der Waals surface area contributed by atoms with E-state index in [1.807, 2.05) is 6.92 Å². The molecule has 0 aliphatic rings. The molecule has 92 valence electrons. The van der Waals surface area contributed by atoms with E-state index in [1.165, 1.54) is 12.1 Å². The average Bonchev–Trinajstić information content (AvgIpc) is 2.30. The zero-order chi connectivity index (χ0) is 13.0. The van der Waals surface area contributed by atoms with Gasteiger partial charge in [0.15, 0.2) is 0 Å². The lowest BCUT2D eigenvalue weighted by molar-refractivity contribution is -0.384. The number of nitrogens with one attached hydrogen (secondary N) is 1. The van der Waals surface area contributed by atoms with Crippen LogP contribution in [0.5, 0.6) is 5.75 Å². The molecule has 6 nitrogen and oxygen atoms in total. The van der Waals surface area contributed by atoms with E-state index in [9.17, 15) is 20.0 Å². The predicted molar refractivity (Wildman–Crippen MR) is 66.4 cm³/mol. The lowest BCUT2D eigenvalue weighted by atomic mass is 10.2. The fourth-order valence-corrected chi connectivity index (χ4v) is 1.25. The number of nitro groups is 1. The van der Waals surface area contributed by atoms with Crippen molar-refractivity contribution in [1.82, 2.24) is 0 Å². The predicted octanol–water partition coefficient (Wildman–Crippen LogP) is 2.41. The monoisotopic (exact) mass is 302 g/mol. The molecule has 0 radical (unpaired) electrons. The maximum absolute atomic E-state index is 11.5. The number of carbonyl (C=O) groups is 1. The highest BCUT2D eigenvalue weighted by molar-refractivity contribution is 9.10. The molecule has 0 aliphatic carbocycles.